The van der Waals surface area contributed by atoms with Crippen LogP contribution in [0.3, 0.4) is 0 Å². The zero-order valence-electron chi connectivity index (χ0n) is 10.5. The number of hydrogen-bond donors (Lipinski definition) is 1. The minimum absolute atomic E-state index is 0.286. The van der Waals surface area contributed by atoms with Gasteiger partial charge in [0.05, 0.1) is 11.4 Å². The lowest BCUT2D eigenvalue weighted by atomic mass is 10.1. The van der Waals surface area contributed by atoms with Crippen LogP contribution >= 0.6 is 0 Å². The first-order valence-corrected chi connectivity index (χ1v) is 7.31. The maximum absolute atomic E-state index is 10.8. The second-order valence-corrected chi connectivity index (χ2v) is 5.54. The lowest BCUT2D eigenvalue weighted by Gasteiger charge is -2.14. The summed E-state index contributed by atoms with van der Waals surface area (Å²) in [5.41, 5.74) is 0.912. The lowest BCUT2D eigenvalue weighted by Crippen LogP contribution is -2.18. The van der Waals surface area contributed by atoms with Gasteiger partial charge in [-0.1, -0.05) is 25.1 Å². The number of anilines is 1. The van der Waals surface area contributed by atoms with E-state index in [1.54, 1.807) is 18.3 Å². The molecule has 1 N–H and O–H groups in total. The molecule has 0 aromatic heterocycles. The van der Waals surface area contributed by atoms with Crippen molar-refractivity contribution < 1.29 is 13.0 Å². The van der Waals surface area contributed by atoms with Gasteiger partial charge in [0.2, 0.25) is 0 Å². The van der Waals surface area contributed by atoms with Crippen LogP contribution in [0.1, 0.15) is 13.3 Å². The quantitative estimate of drug-likeness (QED) is 0.488. The van der Waals surface area contributed by atoms with Gasteiger partial charge in [0.1, 0.15) is 0 Å². The summed E-state index contributed by atoms with van der Waals surface area (Å²) in [7, 11) is -2.17. The largest absolute Gasteiger partial charge is 0.286 e. The number of benzene rings is 1. The van der Waals surface area contributed by atoms with E-state index >= 15 is 0 Å². The summed E-state index contributed by atoms with van der Waals surface area (Å²) < 4.78 is 30.4. The third kappa shape index (κ3) is 5.29. The maximum Gasteiger partial charge on any atom is 0.265 e. The molecule has 1 unspecified atom stereocenters. The summed E-state index contributed by atoms with van der Waals surface area (Å²) in [4.78, 5) is 0. The maximum atomic E-state index is 10.8. The minimum atomic E-state index is -3.96. The van der Waals surface area contributed by atoms with Gasteiger partial charge >= 0.3 is 0 Å². The summed E-state index contributed by atoms with van der Waals surface area (Å²) in [6.45, 7) is 1.85. The van der Waals surface area contributed by atoms with Crippen molar-refractivity contribution in [2.75, 3.05) is 17.8 Å². The molecule has 0 amide bonds. The number of hydrazone groups is 1. The number of nitrogens with zero attached hydrogens (tertiary/aromatic N) is 2. The molecule has 0 aliphatic rings. The fraction of sp³-hybridized carbons (Fsp3) is 0.417. The molecule has 6 heteroatoms. The van der Waals surface area contributed by atoms with Crippen molar-refractivity contribution in [1.82, 2.24) is 0 Å². The number of para-hydroxylation sites is 1. The van der Waals surface area contributed by atoms with Crippen LogP contribution in [0.15, 0.2) is 35.4 Å². The van der Waals surface area contributed by atoms with E-state index in [-0.39, 0.29) is 11.7 Å². The molecule has 0 aliphatic heterocycles. The van der Waals surface area contributed by atoms with Crippen molar-refractivity contribution in [1.29, 1.82) is 0 Å². The molecular weight excluding hydrogens is 252 g/mol. The summed E-state index contributed by atoms with van der Waals surface area (Å²) in [5, 5.41) is 5.84. The molecule has 0 bridgehead atoms. The normalized spacial score (nSPS) is 13.7. The molecule has 0 saturated carbocycles. The van der Waals surface area contributed by atoms with Crippen molar-refractivity contribution in [3.05, 3.63) is 30.3 Å². The van der Waals surface area contributed by atoms with Crippen LogP contribution in [-0.2, 0) is 10.1 Å². The van der Waals surface area contributed by atoms with Crippen molar-refractivity contribution >= 4 is 22.0 Å². The van der Waals surface area contributed by atoms with Crippen LogP contribution in [0.5, 0.6) is 0 Å². The van der Waals surface area contributed by atoms with Gasteiger partial charge in [0, 0.05) is 19.2 Å². The topological polar surface area (TPSA) is 70.0 Å². The monoisotopic (exact) mass is 270 g/mol. The van der Waals surface area contributed by atoms with Crippen LogP contribution < -0.4 is 5.01 Å². The van der Waals surface area contributed by atoms with Crippen molar-refractivity contribution in [3.8, 4) is 0 Å². The van der Waals surface area contributed by atoms with Crippen molar-refractivity contribution in [3.63, 3.8) is 0 Å². The fourth-order valence-electron chi connectivity index (χ4n) is 1.44. The Labute approximate surface area is 108 Å². The first-order chi connectivity index (χ1) is 8.42. The Balaban J connectivity index is 2.67. The van der Waals surface area contributed by atoms with E-state index < -0.39 is 10.1 Å². The van der Waals surface area contributed by atoms with Gasteiger partial charge in [-0.15, -0.1) is 0 Å². The third-order valence-electron chi connectivity index (χ3n) is 2.53. The van der Waals surface area contributed by atoms with Gasteiger partial charge in [0.25, 0.3) is 10.1 Å². The molecule has 1 aromatic rings. The molecule has 0 saturated heterocycles. The average Bonchev–Trinajstić information content (AvgIpc) is 2.33. The van der Waals surface area contributed by atoms with Crippen LogP contribution in [0.2, 0.25) is 0 Å². The predicted molar refractivity (Wildman–Crippen MR) is 73.5 cm³/mol. The van der Waals surface area contributed by atoms with E-state index in [0.29, 0.717) is 6.42 Å². The highest BCUT2D eigenvalue weighted by atomic mass is 32.2. The summed E-state index contributed by atoms with van der Waals surface area (Å²) in [6, 6.07) is 9.52. The van der Waals surface area contributed by atoms with Gasteiger partial charge < -0.3 is 0 Å². The van der Waals surface area contributed by atoms with Crippen molar-refractivity contribution in [2.45, 2.75) is 13.3 Å². The first-order valence-electron chi connectivity index (χ1n) is 5.70. The molecule has 1 rings (SSSR count). The summed E-state index contributed by atoms with van der Waals surface area (Å²) >= 11 is 0. The van der Waals surface area contributed by atoms with Crippen LogP contribution in [0, 0.1) is 5.92 Å². The Hall–Kier alpha value is -1.40. The van der Waals surface area contributed by atoms with E-state index in [1.807, 2.05) is 37.3 Å². The highest BCUT2D eigenvalue weighted by molar-refractivity contribution is 7.85. The van der Waals surface area contributed by atoms with E-state index in [1.165, 1.54) is 0 Å². The predicted octanol–water partition coefficient (Wildman–Crippen LogP) is 2.02. The zero-order valence-corrected chi connectivity index (χ0v) is 11.3. The van der Waals surface area contributed by atoms with Gasteiger partial charge in [-0.25, -0.2) is 0 Å². The Bertz CT molecular complexity index is 485. The van der Waals surface area contributed by atoms with Gasteiger partial charge in [-0.3, -0.25) is 9.56 Å². The molecule has 100 valence electrons. The smallest absolute Gasteiger partial charge is 0.265 e. The Kier molecular flexibility index (Phi) is 5.30. The summed E-state index contributed by atoms with van der Waals surface area (Å²) in [5.74, 6) is -0.582. The molecule has 5 nitrogen and oxygen atoms in total. The Morgan fingerprint density at radius 3 is 2.50 bits per heavy atom. The van der Waals surface area contributed by atoms with E-state index in [4.69, 9.17) is 4.55 Å². The van der Waals surface area contributed by atoms with Crippen LogP contribution in [-0.4, -0.2) is 32.0 Å². The number of rotatable bonds is 6. The average molecular weight is 270 g/mol. The van der Waals surface area contributed by atoms with E-state index in [0.717, 1.165) is 5.69 Å². The van der Waals surface area contributed by atoms with Gasteiger partial charge in [-0.2, -0.15) is 13.5 Å². The first kappa shape index (κ1) is 14.7. The van der Waals surface area contributed by atoms with Crippen molar-refractivity contribution in [2.24, 2.45) is 11.0 Å². The van der Waals surface area contributed by atoms with E-state index in [2.05, 4.69) is 5.10 Å². The second kappa shape index (κ2) is 6.51. The Morgan fingerprint density at radius 2 is 2.00 bits per heavy atom. The molecule has 1 aromatic carbocycles. The summed E-state index contributed by atoms with van der Waals surface area (Å²) in [6.07, 6.45) is 2.16. The Morgan fingerprint density at radius 1 is 1.39 bits per heavy atom. The second-order valence-electron chi connectivity index (χ2n) is 4.04. The van der Waals surface area contributed by atoms with Gasteiger partial charge in [-0.05, 0) is 18.6 Å². The molecule has 18 heavy (non-hydrogen) atoms. The number of hydrogen-bond acceptors (Lipinski definition) is 4. The minimum Gasteiger partial charge on any atom is -0.286 e. The fourth-order valence-corrected chi connectivity index (χ4v) is 2.30. The van der Waals surface area contributed by atoms with Crippen LogP contribution in [0.25, 0.3) is 0 Å². The molecule has 0 aliphatic carbocycles. The molecule has 1 atom stereocenters. The van der Waals surface area contributed by atoms with Gasteiger partial charge in [0.15, 0.2) is 0 Å². The molecule has 0 spiro atoms. The molecule has 0 fully saturated rings. The zero-order chi connectivity index (χ0) is 13.6. The third-order valence-corrected chi connectivity index (χ3v) is 3.38. The highest BCUT2D eigenvalue weighted by Crippen LogP contribution is 2.11. The SMILES string of the molecule is CCC(C=NN(C)c1ccccc1)CS(=O)(=O)O. The molecular formula is C12H18N2O3S. The standard InChI is InChI=1S/C12H18N2O3S/c1-3-11(10-18(15,16)17)9-13-14(2)12-7-5-4-6-8-12/h4-9,11H,3,10H2,1-2H3,(H,15,16,17). The molecule has 0 heterocycles. The van der Waals surface area contributed by atoms with Crippen LogP contribution in [0.4, 0.5) is 5.69 Å². The van der Waals surface area contributed by atoms with E-state index in [9.17, 15) is 8.42 Å². The molecule has 0 radical (unpaired) electrons. The highest BCUT2D eigenvalue weighted by Gasteiger charge is 2.13. The lowest BCUT2D eigenvalue weighted by molar-refractivity contribution is 0.476.